The van der Waals surface area contributed by atoms with E-state index in [1.807, 2.05) is 0 Å². The van der Waals surface area contributed by atoms with Gasteiger partial charge in [-0.2, -0.15) is 0 Å². The Balaban J connectivity index is 1.87. The summed E-state index contributed by atoms with van der Waals surface area (Å²) >= 11 is 0. The van der Waals surface area contributed by atoms with E-state index >= 15 is 0 Å². The summed E-state index contributed by atoms with van der Waals surface area (Å²) in [5, 5.41) is 11.3. The zero-order valence-electron chi connectivity index (χ0n) is 12.5. The summed E-state index contributed by atoms with van der Waals surface area (Å²) in [5.41, 5.74) is 8.17. The normalized spacial score (nSPS) is 10.5. The first kappa shape index (κ1) is 16.0. The molecule has 0 saturated carbocycles. The van der Waals surface area contributed by atoms with Crippen molar-refractivity contribution in [2.24, 2.45) is 0 Å². The van der Waals surface area contributed by atoms with E-state index < -0.39 is 0 Å². The van der Waals surface area contributed by atoms with Gasteiger partial charge in [-0.25, -0.2) is 4.39 Å². The van der Waals surface area contributed by atoms with Crippen molar-refractivity contribution in [3.63, 3.8) is 0 Å². The second-order valence-electron chi connectivity index (χ2n) is 4.95. The zero-order valence-corrected chi connectivity index (χ0v) is 12.5. The van der Waals surface area contributed by atoms with E-state index in [1.54, 1.807) is 43.5 Å². The second-order valence-corrected chi connectivity index (χ2v) is 4.95. The minimum Gasteiger partial charge on any atom is -0.497 e. The highest BCUT2D eigenvalue weighted by molar-refractivity contribution is 6.03. The van der Waals surface area contributed by atoms with E-state index in [0.717, 1.165) is 0 Å². The molecule has 0 heterocycles. The maximum absolute atomic E-state index is 13.5. The molecule has 2 aromatic carbocycles. The van der Waals surface area contributed by atoms with Crippen LogP contribution in [0.3, 0.4) is 0 Å². The summed E-state index contributed by atoms with van der Waals surface area (Å²) in [6.45, 7) is 1.01. The summed E-state index contributed by atoms with van der Waals surface area (Å²) in [6.07, 6.45) is 0.506. The molecule has 0 aliphatic rings. The molecule has 4 nitrogen and oxygen atoms in total. The Hall–Kier alpha value is -2.40. The van der Waals surface area contributed by atoms with Gasteiger partial charge in [-0.1, -0.05) is 18.2 Å². The molecule has 4 N–H and O–H groups in total. The fourth-order valence-corrected chi connectivity index (χ4v) is 2.14. The van der Waals surface area contributed by atoms with E-state index in [4.69, 9.17) is 15.9 Å². The van der Waals surface area contributed by atoms with Crippen LogP contribution in [0.15, 0.2) is 42.5 Å². The van der Waals surface area contributed by atoms with Crippen molar-refractivity contribution in [2.75, 3.05) is 19.4 Å². The van der Waals surface area contributed by atoms with Gasteiger partial charge in [0.05, 0.1) is 7.11 Å². The molecule has 0 unspecified atom stereocenters. The predicted octanol–water partition coefficient (Wildman–Crippen LogP) is 2.96. The van der Waals surface area contributed by atoms with Gasteiger partial charge in [-0.05, 0) is 24.3 Å². The average Bonchev–Trinajstić information content (AvgIpc) is 2.53. The molecule has 5 heteroatoms. The van der Waals surface area contributed by atoms with Gasteiger partial charge >= 0.3 is 0 Å². The third kappa shape index (κ3) is 4.05. The van der Waals surface area contributed by atoms with Crippen LogP contribution in [0.1, 0.15) is 17.5 Å². The number of nitrogens with two attached hydrogens (primary N) is 1. The fraction of sp³-hybridized carbons (Fsp3) is 0.235. The maximum atomic E-state index is 13.5. The topological polar surface area (TPSA) is 71.1 Å². The molecule has 0 saturated heterocycles. The van der Waals surface area contributed by atoms with Gasteiger partial charge in [0.15, 0.2) is 0 Å². The smallest absolute Gasteiger partial charge is 0.127 e. The molecule has 0 spiro atoms. The van der Waals surface area contributed by atoms with E-state index in [0.29, 0.717) is 47.8 Å². The third-order valence-corrected chi connectivity index (χ3v) is 3.41. The number of halogens is 1. The standard InChI is InChI=1S/C17H20FN3O/c1-22-13-6-7-16(19)14(10-13)17(20)8-9-21-11-12-4-2-3-5-15(12)18/h2-7,10,20-21H,8-9,11,19H2,1H3. The number of methoxy groups -OCH3 is 1. The van der Waals surface area contributed by atoms with Crippen molar-refractivity contribution in [3.8, 4) is 5.75 Å². The molecule has 0 amide bonds. The Kier molecular flexibility index (Phi) is 5.49. The van der Waals surface area contributed by atoms with Crippen LogP contribution in [0.5, 0.6) is 5.75 Å². The minimum absolute atomic E-state index is 0.220. The number of rotatable bonds is 7. The predicted molar refractivity (Wildman–Crippen MR) is 87.0 cm³/mol. The largest absolute Gasteiger partial charge is 0.497 e. The van der Waals surface area contributed by atoms with Gasteiger partial charge in [0.2, 0.25) is 0 Å². The monoisotopic (exact) mass is 301 g/mol. The van der Waals surface area contributed by atoms with Crippen LogP contribution in [0.4, 0.5) is 10.1 Å². The Morgan fingerprint density at radius 1 is 1.27 bits per heavy atom. The van der Waals surface area contributed by atoms with Crippen molar-refractivity contribution < 1.29 is 9.13 Å². The van der Waals surface area contributed by atoms with Crippen molar-refractivity contribution in [3.05, 3.63) is 59.4 Å². The molecule has 0 fully saturated rings. The maximum Gasteiger partial charge on any atom is 0.127 e. The van der Waals surface area contributed by atoms with Crippen LogP contribution < -0.4 is 15.8 Å². The van der Waals surface area contributed by atoms with Gasteiger partial charge in [-0.15, -0.1) is 0 Å². The first-order valence-corrected chi connectivity index (χ1v) is 7.07. The number of nitrogen functional groups attached to an aromatic ring is 1. The molecule has 0 aliphatic carbocycles. The quantitative estimate of drug-likeness (QED) is 0.418. The van der Waals surface area contributed by atoms with Crippen LogP contribution in [-0.4, -0.2) is 19.4 Å². The number of hydrogen-bond acceptors (Lipinski definition) is 4. The lowest BCUT2D eigenvalue weighted by Gasteiger charge is -2.10. The molecule has 2 rings (SSSR count). The van der Waals surface area contributed by atoms with E-state index in [1.165, 1.54) is 6.07 Å². The van der Waals surface area contributed by atoms with Crippen LogP contribution >= 0.6 is 0 Å². The van der Waals surface area contributed by atoms with E-state index in [2.05, 4.69) is 5.32 Å². The first-order chi connectivity index (χ1) is 10.6. The lowest BCUT2D eigenvalue weighted by Crippen LogP contribution is -2.19. The van der Waals surface area contributed by atoms with E-state index in [9.17, 15) is 4.39 Å². The zero-order chi connectivity index (χ0) is 15.9. The number of ether oxygens (including phenoxy) is 1. The summed E-state index contributed by atoms with van der Waals surface area (Å²) in [5.74, 6) is 0.454. The molecular formula is C17H20FN3O. The van der Waals surface area contributed by atoms with Crippen molar-refractivity contribution in [2.45, 2.75) is 13.0 Å². The number of nitrogens with one attached hydrogen (secondary N) is 2. The summed E-state index contributed by atoms with van der Waals surface area (Å²) in [4.78, 5) is 0. The lowest BCUT2D eigenvalue weighted by molar-refractivity contribution is 0.415. The Morgan fingerprint density at radius 2 is 2.05 bits per heavy atom. The second kappa shape index (κ2) is 7.56. The Bertz CT molecular complexity index is 658. The highest BCUT2D eigenvalue weighted by Crippen LogP contribution is 2.20. The van der Waals surface area contributed by atoms with Crippen molar-refractivity contribution in [1.82, 2.24) is 5.32 Å². The molecule has 116 valence electrons. The molecule has 2 aromatic rings. The molecule has 0 aromatic heterocycles. The molecule has 0 radical (unpaired) electrons. The fourth-order valence-electron chi connectivity index (χ4n) is 2.14. The van der Waals surface area contributed by atoms with Crippen LogP contribution in [0.2, 0.25) is 0 Å². The van der Waals surface area contributed by atoms with Crippen molar-refractivity contribution in [1.29, 1.82) is 5.41 Å². The summed E-state index contributed by atoms with van der Waals surface area (Å²) < 4.78 is 18.6. The molecular weight excluding hydrogens is 281 g/mol. The Morgan fingerprint density at radius 3 is 2.77 bits per heavy atom. The van der Waals surface area contributed by atoms with Gasteiger partial charge in [0, 0.05) is 42.0 Å². The molecule has 0 atom stereocenters. The van der Waals surface area contributed by atoms with Crippen LogP contribution in [0, 0.1) is 11.2 Å². The average molecular weight is 301 g/mol. The summed E-state index contributed by atoms with van der Waals surface area (Å²) in [6, 6.07) is 11.9. The molecule has 0 aliphatic heterocycles. The highest BCUT2D eigenvalue weighted by atomic mass is 19.1. The minimum atomic E-state index is -0.220. The van der Waals surface area contributed by atoms with Gasteiger partial charge in [0.1, 0.15) is 11.6 Å². The molecule has 0 bridgehead atoms. The van der Waals surface area contributed by atoms with Gasteiger partial charge in [-0.3, -0.25) is 0 Å². The van der Waals surface area contributed by atoms with Gasteiger partial charge in [0.25, 0.3) is 0 Å². The highest BCUT2D eigenvalue weighted by Gasteiger charge is 2.08. The van der Waals surface area contributed by atoms with Crippen molar-refractivity contribution >= 4 is 11.4 Å². The Labute approximate surface area is 129 Å². The van der Waals surface area contributed by atoms with Crippen LogP contribution in [-0.2, 0) is 6.54 Å². The number of hydrogen-bond donors (Lipinski definition) is 3. The van der Waals surface area contributed by atoms with Crippen LogP contribution in [0.25, 0.3) is 0 Å². The summed E-state index contributed by atoms with van der Waals surface area (Å²) in [7, 11) is 1.58. The van der Waals surface area contributed by atoms with Gasteiger partial charge < -0.3 is 21.2 Å². The lowest BCUT2D eigenvalue weighted by atomic mass is 10.0. The first-order valence-electron chi connectivity index (χ1n) is 7.07. The SMILES string of the molecule is COc1ccc(N)c(C(=N)CCNCc2ccccc2F)c1. The number of anilines is 1. The van der Waals surface area contributed by atoms with E-state index in [-0.39, 0.29) is 5.82 Å². The third-order valence-electron chi connectivity index (χ3n) is 3.41. The molecule has 22 heavy (non-hydrogen) atoms. The number of benzene rings is 2.